The van der Waals surface area contributed by atoms with Gasteiger partial charge in [0.1, 0.15) is 0 Å². The molecule has 0 aromatic heterocycles. The molecule has 0 radical (unpaired) electrons. The van der Waals surface area contributed by atoms with Crippen LogP contribution in [-0.2, 0) is 0 Å². The van der Waals surface area contributed by atoms with Gasteiger partial charge in [0.25, 0.3) is 0 Å². The van der Waals surface area contributed by atoms with Gasteiger partial charge in [0.05, 0.1) is 0 Å². The van der Waals surface area contributed by atoms with Gasteiger partial charge in [-0.2, -0.15) is 0 Å². The van der Waals surface area contributed by atoms with Crippen LogP contribution in [0.25, 0.3) is 0 Å². The Morgan fingerprint density at radius 3 is 2.13 bits per heavy atom. The summed E-state index contributed by atoms with van der Waals surface area (Å²) in [7, 11) is 0. The smallest absolute Gasteiger partial charge is 0.0369 e. The molecule has 15 heavy (non-hydrogen) atoms. The van der Waals surface area contributed by atoms with Crippen molar-refractivity contribution in [3.63, 3.8) is 0 Å². The topological polar surface area (TPSA) is 12.0 Å². The molecule has 0 fully saturated rings. The molecular formula is C13H20IN. The van der Waals surface area contributed by atoms with Crippen LogP contribution < -0.4 is 5.32 Å². The average molecular weight is 317 g/mol. The molecule has 1 nitrogen and oxygen atoms in total. The van der Waals surface area contributed by atoms with E-state index in [0.29, 0.717) is 6.04 Å². The number of halogens is 1. The summed E-state index contributed by atoms with van der Waals surface area (Å²) in [6.07, 6.45) is 0. The van der Waals surface area contributed by atoms with Crippen molar-refractivity contribution in [2.45, 2.75) is 33.7 Å². The first-order valence-electron chi connectivity index (χ1n) is 5.44. The molecule has 0 saturated carbocycles. The lowest BCUT2D eigenvalue weighted by Gasteiger charge is -2.31. The van der Waals surface area contributed by atoms with Crippen LogP contribution in [0.2, 0.25) is 0 Å². The number of hydrogen-bond donors (Lipinski definition) is 1. The molecule has 0 saturated heterocycles. The van der Waals surface area contributed by atoms with Gasteiger partial charge in [-0.1, -0.05) is 39.8 Å². The van der Waals surface area contributed by atoms with Gasteiger partial charge in [0, 0.05) is 9.61 Å². The summed E-state index contributed by atoms with van der Waals surface area (Å²) in [6.45, 7) is 9.99. The van der Waals surface area contributed by atoms with E-state index in [1.807, 2.05) is 0 Å². The van der Waals surface area contributed by atoms with Crippen LogP contribution in [0.3, 0.4) is 0 Å². The Kier molecular flexibility index (Phi) is 4.59. The lowest BCUT2D eigenvalue weighted by Crippen LogP contribution is -2.32. The maximum Gasteiger partial charge on any atom is 0.0369 e. The lowest BCUT2D eigenvalue weighted by atomic mass is 9.82. The Bertz CT molecular complexity index is 297. The Morgan fingerprint density at radius 2 is 1.73 bits per heavy atom. The number of rotatable bonds is 3. The number of hydrogen-bond acceptors (Lipinski definition) is 1. The average Bonchev–Trinajstić information content (AvgIpc) is 2.14. The van der Waals surface area contributed by atoms with Crippen LogP contribution >= 0.6 is 22.6 Å². The lowest BCUT2D eigenvalue weighted by molar-refractivity contribution is 0.277. The van der Waals surface area contributed by atoms with E-state index in [9.17, 15) is 0 Å². The van der Waals surface area contributed by atoms with E-state index >= 15 is 0 Å². The Hall–Kier alpha value is -0.0900. The Labute approximate surface area is 107 Å². The maximum atomic E-state index is 3.56. The molecule has 2 heteroatoms. The summed E-state index contributed by atoms with van der Waals surface area (Å²) in [5, 5.41) is 3.56. The highest BCUT2D eigenvalue weighted by molar-refractivity contribution is 14.1. The highest BCUT2D eigenvalue weighted by Gasteiger charge is 2.24. The van der Waals surface area contributed by atoms with Gasteiger partial charge in [-0.25, -0.2) is 0 Å². The highest BCUT2D eigenvalue weighted by Crippen LogP contribution is 2.32. The van der Waals surface area contributed by atoms with Gasteiger partial charge < -0.3 is 5.32 Å². The van der Waals surface area contributed by atoms with E-state index < -0.39 is 0 Å². The van der Waals surface area contributed by atoms with Gasteiger partial charge >= 0.3 is 0 Å². The van der Waals surface area contributed by atoms with Crippen LogP contribution in [0.5, 0.6) is 0 Å². The second kappa shape index (κ2) is 5.30. The van der Waals surface area contributed by atoms with Gasteiger partial charge in [0.15, 0.2) is 0 Å². The molecule has 1 N–H and O–H groups in total. The molecule has 1 aromatic rings. The van der Waals surface area contributed by atoms with E-state index in [0.717, 1.165) is 6.54 Å². The van der Waals surface area contributed by atoms with Crippen molar-refractivity contribution >= 4 is 22.6 Å². The van der Waals surface area contributed by atoms with E-state index in [1.54, 1.807) is 0 Å². The third-order valence-corrected chi connectivity index (χ3v) is 3.20. The fourth-order valence-electron chi connectivity index (χ4n) is 1.78. The molecule has 1 atom stereocenters. The van der Waals surface area contributed by atoms with Gasteiger partial charge in [0.2, 0.25) is 0 Å². The van der Waals surface area contributed by atoms with Crippen molar-refractivity contribution in [2.24, 2.45) is 5.41 Å². The van der Waals surface area contributed by atoms with Crippen molar-refractivity contribution in [2.75, 3.05) is 6.54 Å². The monoisotopic (exact) mass is 317 g/mol. The zero-order chi connectivity index (χ0) is 11.5. The van der Waals surface area contributed by atoms with Crippen LogP contribution in [0.15, 0.2) is 24.3 Å². The number of benzene rings is 1. The SMILES string of the molecule is CCNC(c1ccc(I)cc1)C(C)(C)C. The minimum Gasteiger partial charge on any atom is -0.310 e. The summed E-state index contributed by atoms with van der Waals surface area (Å²) in [6, 6.07) is 9.22. The van der Waals surface area contributed by atoms with Crippen LogP contribution in [-0.4, -0.2) is 6.54 Å². The van der Waals surface area contributed by atoms with E-state index in [1.165, 1.54) is 9.13 Å². The largest absolute Gasteiger partial charge is 0.310 e. The van der Waals surface area contributed by atoms with E-state index in [2.05, 4.69) is 79.9 Å². The third-order valence-electron chi connectivity index (χ3n) is 2.48. The maximum absolute atomic E-state index is 3.56. The van der Waals surface area contributed by atoms with Gasteiger partial charge in [-0.15, -0.1) is 0 Å². The molecule has 0 aliphatic carbocycles. The second-order valence-corrected chi connectivity index (χ2v) is 6.15. The summed E-state index contributed by atoms with van der Waals surface area (Å²) in [5.41, 5.74) is 1.63. The summed E-state index contributed by atoms with van der Waals surface area (Å²) < 4.78 is 1.29. The molecule has 84 valence electrons. The first kappa shape index (κ1) is 13.0. The standard InChI is InChI=1S/C13H20IN/c1-5-15-12(13(2,3)4)10-6-8-11(14)9-7-10/h6-9,12,15H,5H2,1-4H3. The van der Waals surface area contributed by atoms with Gasteiger partial charge in [-0.3, -0.25) is 0 Å². The summed E-state index contributed by atoms with van der Waals surface area (Å²) in [5.74, 6) is 0. The van der Waals surface area contributed by atoms with Crippen LogP contribution in [0.1, 0.15) is 39.3 Å². The first-order chi connectivity index (χ1) is 6.95. The normalized spacial score (nSPS) is 13.9. The zero-order valence-electron chi connectivity index (χ0n) is 9.97. The fourth-order valence-corrected chi connectivity index (χ4v) is 2.14. The van der Waals surface area contributed by atoms with Crippen LogP contribution in [0, 0.1) is 8.99 Å². The number of nitrogens with one attached hydrogen (secondary N) is 1. The van der Waals surface area contributed by atoms with Gasteiger partial charge in [-0.05, 0) is 52.2 Å². The summed E-state index contributed by atoms with van der Waals surface area (Å²) >= 11 is 2.34. The summed E-state index contributed by atoms with van der Waals surface area (Å²) in [4.78, 5) is 0. The van der Waals surface area contributed by atoms with Crippen molar-refractivity contribution in [3.8, 4) is 0 Å². The molecule has 1 rings (SSSR count). The van der Waals surface area contributed by atoms with Crippen LogP contribution in [0.4, 0.5) is 0 Å². The molecule has 0 heterocycles. The van der Waals surface area contributed by atoms with Crippen molar-refractivity contribution in [3.05, 3.63) is 33.4 Å². The first-order valence-corrected chi connectivity index (χ1v) is 6.52. The predicted octanol–water partition coefficient (Wildman–Crippen LogP) is 3.99. The molecule has 0 aliphatic heterocycles. The Balaban J connectivity index is 2.94. The minimum absolute atomic E-state index is 0.253. The van der Waals surface area contributed by atoms with Crippen molar-refractivity contribution < 1.29 is 0 Å². The quantitative estimate of drug-likeness (QED) is 0.831. The highest BCUT2D eigenvalue weighted by atomic mass is 127. The second-order valence-electron chi connectivity index (χ2n) is 4.91. The molecular weight excluding hydrogens is 297 g/mol. The molecule has 0 aliphatic rings. The molecule has 0 bridgehead atoms. The van der Waals surface area contributed by atoms with Crippen molar-refractivity contribution in [1.29, 1.82) is 0 Å². The molecule has 1 aromatic carbocycles. The minimum atomic E-state index is 0.253. The fraction of sp³-hybridized carbons (Fsp3) is 0.538. The predicted molar refractivity (Wildman–Crippen MR) is 75.0 cm³/mol. The third kappa shape index (κ3) is 3.76. The van der Waals surface area contributed by atoms with Crippen molar-refractivity contribution in [1.82, 2.24) is 5.32 Å². The molecule has 1 unspecified atom stereocenters. The zero-order valence-corrected chi connectivity index (χ0v) is 12.1. The van der Waals surface area contributed by atoms with E-state index in [-0.39, 0.29) is 5.41 Å². The molecule has 0 amide bonds. The Morgan fingerprint density at radius 1 is 1.20 bits per heavy atom. The van der Waals surface area contributed by atoms with E-state index in [4.69, 9.17) is 0 Å². The molecule has 0 spiro atoms.